The van der Waals surface area contributed by atoms with Crippen LogP contribution in [0.1, 0.15) is 17.4 Å². The highest BCUT2D eigenvalue weighted by Gasteiger charge is 2.37. The quantitative estimate of drug-likeness (QED) is 0.619. The largest absolute Gasteiger partial charge is 0.497 e. The Morgan fingerprint density at radius 2 is 2.03 bits per heavy atom. The van der Waals surface area contributed by atoms with Gasteiger partial charge in [-0.3, -0.25) is 4.79 Å². The molecule has 0 saturated carbocycles. The van der Waals surface area contributed by atoms with Crippen LogP contribution < -0.4 is 20.2 Å². The Morgan fingerprint density at radius 3 is 2.77 bits per heavy atom. The molecule has 2 N–H and O–H groups in total. The maximum absolute atomic E-state index is 13.2. The van der Waals surface area contributed by atoms with Gasteiger partial charge in [-0.2, -0.15) is 0 Å². The number of carbonyl (C=O) groups excluding carboxylic acids is 1. The normalized spacial score (nSPS) is 17.6. The molecule has 1 aliphatic rings. The number of halogens is 1. The number of amides is 1. The minimum absolute atomic E-state index is 0.176. The summed E-state index contributed by atoms with van der Waals surface area (Å²) in [4.78, 5) is 13.2. The van der Waals surface area contributed by atoms with Crippen molar-refractivity contribution in [1.82, 2.24) is 14.9 Å². The number of ether oxygens (including phenoxy) is 2. The van der Waals surface area contributed by atoms with E-state index in [2.05, 4.69) is 20.9 Å². The predicted molar refractivity (Wildman–Crippen MR) is 116 cm³/mol. The first-order valence-electron chi connectivity index (χ1n) is 9.13. The van der Waals surface area contributed by atoms with E-state index < -0.39 is 5.25 Å². The molecule has 0 spiro atoms. The molecule has 10 heteroatoms. The molecule has 156 valence electrons. The molecule has 0 bridgehead atoms. The summed E-state index contributed by atoms with van der Waals surface area (Å²) in [5.41, 5.74) is 4.84. The van der Waals surface area contributed by atoms with Crippen molar-refractivity contribution in [3.05, 3.63) is 58.9 Å². The van der Waals surface area contributed by atoms with Gasteiger partial charge >= 0.3 is 0 Å². The lowest BCUT2D eigenvalue weighted by molar-refractivity contribution is -0.116. The smallest absolute Gasteiger partial charge is 0.240 e. The molecule has 0 saturated heterocycles. The average molecular weight is 446 g/mol. The van der Waals surface area contributed by atoms with Crippen LogP contribution in [0.2, 0.25) is 5.02 Å². The molecule has 1 aromatic heterocycles. The molecule has 1 aliphatic heterocycles. The van der Waals surface area contributed by atoms with Crippen LogP contribution in [-0.4, -0.2) is 40.3 Å². The Hall–Kier alpha value is -2.91. The number of hydrogen-bond acceptors (Lipinski definition) is 7. The van der Waals surface area contributed by atoms with Crippen LogP contribution in [-0.2, 0) is 4.79 Å². The summed E-state index contributed by atoms with van der Waals surface area (Å²) in [6, 6.07) is 12.3. The van der Waals surface area contributed by atoms with Gasteiger partial charge in [-0.15, -0.1) is 10.2 Å². The maximum Gasteiger partial charge on any atom is 0.240 e. The molecule has 0 aliphatic carbocycles. The number of methoxy groups -OCH3 is 2. The fourth-order valence-electron chi connectivity index (χ4n) is 3.20. The summed E-state index contributed by atoms with van der Waals surface area (Å²) >= 11 is 7.69. The number of aryl methyl sites for hydroxylation is 1. The summed E-state index contributed by atoms with van der Waals surface area (Å²) in [5, 5.41) is 11.8. The molecule has 8 nitrogen and oxygen atoms in total. The van der Waals surface area contributed by atoms with Crippen molar-refractivity contribution in [1.29, 1.82) is 0 Å². The zero-order chi connectivity index (χ0) is 21.3. The van der Waals surface area contributed by atoms with E-state index in [1.165, 1.54) is 11.8 Å². The van der Waals surface area contributed by atoms with Gasteiger partial charge in [0.2, 0.25) is 11.1 Å². The molecule has 0 fully saturated rings. The van der Waals surface area contributed by atoms with Gasteiger partial charge in [-0.1, -0.05) is 35.5 Å². The van der Waals surface area contributed by atoms with Crippen LogP contribution in [0.5, 0.6) is 11.5 Å². The van der Waals surface area contributed by atoms with Crippen LogP contribution in [0.3, 0.4) is 0 Å². The predicted octanol–water partition coefficient (Wildman–Crippen LogP) is 3.65. The molecule has 2 heterocycles. The van der Waals surface area contributed by atoms with Crippen LogP contribution in [0.4, 0.5) is 5.69 Å². The van der Waals surface area contributed by atoms with Crippen molar-refractivity contribution < 1.29 is 14.3 Å². The van der Waals surface area contributed by atoms with Gasteiger partial charge in [0.25, 0.3) is 0 Å². The van der Waals surface area contributed by atoms with Gasteiger partial charge in [0.05, 0.1) is 25.3 Å². The number of thioether (sulfide) groups is 1. The Balaban J connectivity index is 1.67. The standard InChI is InChI=1S/C20H20ClN5O3S/c1-11-23-24-20-26(11)25-17(12-7-8-16(29-3)15(21)9-12)18(30-20)19(27)22-13-5-4-6-14(10-13)28-2/h4-10,17-18,25H,1-3H3,(H,22,27)/t17-,18+/m0/s1. The summed E-state index contributed by atoms with van der Waals surface area (Å²) in [5.74, 6) is 1.76. The van der Waals surface area contributed by atoms with E-state index >= 15 is 0 Å². The Morgan fingerprint density at radius 1 is 1.20 bits per heavy atom. The number of aromatic nitrogens is 3. The van der Waals surface area contributed by atoms with E-state index in [1.807, 2.05) is 31.2 Å². The van der Waals surface area contributed by atoms with E-state index in [4.69, 9.17) is 21.1 Å². The molecule has 0 unspecified atom stereocenters. The SMILES string of the molecule is COc1cccc(NC(=O)[C@@H]2Sc3nnc(C)n3N[C@H]2c2ccc(OC)c(Cl)c2)c1. The van der Waals surface area contributed by atoms with Crippen molar-refractivity contribution in [2.24, 2.45) is 0 Å². The van der Waals surface area contributed by atoms with Crippen molar-refractivity contribution >= 4 is 35.0 Å². The summed E-state index contributed by atoms with van der Waals surface area (Å²) < 4.78 is 12.3. The highest BCUT2D eigenvalue weighted by molar-refractivity contribution is 8.00. The topological polar surface area (TPSA) is 90.3 Å². The molecule has 1 amide bonds. The van der Waals surface area contributed by atoms with Crippen molar-refractivity contribution in [3.8, 4) is 11.5 Å². The molecule has 4 rings (SSSR count). The molecule has 30 heavy (non-hydrogen) atoms. The van der Waals surface area contributed by atoms with Crippen LogP contribution >= 0.6 is 23.4 Å². The third-order valence-electron chi connectivity index (χ3n) is 4.73. The van der Waals surface area contributed by atoms with Crippen LogP contribution in [0.15, 0.2) is 47.6 Å². The number of anilines is 1. The van der Waals surface area contributed by atoms with Gasteiger partial charge in [-0.05, 0) is 36.8 Å². The van der Waals surface area contributed by atoms with Gasteiger partial charge < -0.3 is 20.2 Å². The number of rotatable bonds is 5. The van der Waals surface area contributed by atoms with Gasteiger partial charge in [0, 0.05) is 11.8 Å². The van der Waals surface area contributed by atoms with Crippen molar-refractivity contribution in [2.75, 3.05) is 25.0 Å². The molecule has 3 aromatic rings. The molecule has 2 aromatic carbocycles. The first-order valence-corrected chi connectivity index (χ1v) is 10.4. The van der Waals surface area contributed by atoms with E-state index in [1.54, 1.807) is 37.1 Å². The van der Waals surface area contributed by atoms with Crippen molar-refractivity contribution in [2.45, 2.75) is 23.4 Å². The second kappa shape index (κ2) is 8.45. The second-order valence-corrected chi connectivity index (χ2v) is 8.14. The number of fused-ring (bicyclic) bond motifs is 1. The van der Waals surface area contributed by atoms with E-state index in [-0.39, 0.29) is 11.9 Å². The van der Waals surface area contributed by atoms with Crippen LogP contribution in [0, 0.1) is 6.92 Å². The lowest BCUT2D eigenvalue weighted by Crippen LogP contribution is -2.41. The van der Waals surface area contributed by atoms with E-state index in [0.717, 1.165) is 5.56 Å². The van der Waals surface area contributed by atoms with E-state index in [0.29, 0.717) is 33.2 Å². The fraction of sp³-hybridized carbons (Fsp3) is 0.250. The maximum atomic E-state index is 13.2. The summed E-state index contributed by atoms with van der Waals surface area (Å²) in [6.07, 6.45) is 0. The fourth-order valence-corrected chi connectivity index (χ4v) is 4.59. The lowest BCUT2D eigenvalue weighted by atomic mass is 10.0. The monoisotopic (exact) mass is 445 g/mol. The lowest BCUT2D eigenvalue weighted by Gasteiger charge is -2.33. The highest BCUT2D eigenvalue weighted by Crippen LogP contribution is 2.39. The third-order valence-corrected chi connectivity index (χ3v) is 6.24. The minimum atomic E-state index is -0.517. The highest BCUT2D eigenvalue weighted by atomic mass is 35.5. The van der Waals surface area contributed by atoms with Crippen molar-refractivity contribution in [3.63, 3.8) is 0 Å². The number of carbonyl (C=O) groups is 1. The molecule has 0 radical (unpaired) electrons. The third kappa shape index (κ3) is 3.90. The second-order valence-electron chi connectivity index (χ2n) is 6.63. The number of nitrogens with one attached hydrogen (secondary N) is 2. The first-order chi connectivity index (χ1) is 14.5. The zero-order valence-corrected chi connectivity index (χ0v) is 18.1. The van der Waals surface area contributed by atoms with Crippen LogP contribution in [0.25, 0.3) is 0 Å². The Bertz CT molecular complexity index is 1090. The van der Waals surface area contributed by atoms with Gasteiger partial charge in [-0.25, -0.2) is 4.68 Å². The van der Waals surface area contributed by atoms with Gasteiger partial charge in [0.15, 0.2) is 0 Å². The van der Waals surface area contributed by atoms with Gasteiger partial charge in [0.1, 0.15) is 22.6 Å². The average Bonchev–Trinajstić information content (AvgIpc) is 3.12. The number of nitrogens with zero attached hydrogens (tertiary/aromatic N) is 3. The molecular formula is C20H20ClN5O3S. The number of benzene rings is 2. The van der Waals surface area contributed by atoms with E-state index in [9.17, 15) is 4.79 Å². The summed E-state index contributed by atoms with van der Waals surface area (Å²) in [6.45, 7) is 1.85. The zero-order valence-electron chi connectivity index (χ0n) is 16.5. The minimum Gasteiger partial charge on any atom is -0.497 e. The Labute approximate surface area is 182 Å². The number of hydrogen-bond donors (Lipinski definition) is 2. The first kappa shape index (κ1) is 20.4. The Kier molecular flexibility index (Phi) is 5.74. The molecular weight excluding hydrogens is 426 g/mol. The molecule has 2 atom stereocenters. The summed E-state index contributed by atoms with van der Waals surface area (Å²) in [7, 11) is 3.15.